The van der Waals surface area contributed by atoms with Gasteiger partial charge in [-0.2, -0.15) is 0 Å². The van der Waals surface area contributed by atoms with Crippen molar-refractivity contribution in [3.05, 3.63) is 17.0 Å². The molecule has 4 heteroatoms. The average molecular weight is 212 g/mol. The lowest BCUT2D eigenvalue weighted by molar-refractivity contribution is 0.879. The van der Waals surface area contributed by atoms with Crippen molar-refractivity contribution in [1.82, 2.24) is 9.97 Å². The van der Waals surface area contributed by atoms with E-state index in [0.717, 1.165) is 31.2 Å². The van der Waals surface area contributed by atoms with Gasteiger partial charge in [0.15, 0.2) is 0 Å². The number of halogens is 1. The number of rotatable bonds is 2. The molecule has 2 rings (SSSR count). The van der Waals surface area contributed by atoms with Crippen LogP contribution in [0.3, 0.4) is 0 Å². The highest BCUT2D eigenvalue weighted by Gasteiger charge is 2.14. The third-order valence-corrected chi connectivity index (χ3v) is 2.67. The monoisotopic (exact) mass is 211 g/mol. The number of nitrogens with zero attached hydrogens (tertiary/aromatic N) is 3. The fourth-order valence-corrected chi connectivity index (χ4v) is 1.91. The molecule has 0 saturated carbocycles. The Balaban J connectivity index is 2.27. The van der Waals surface area contributed by atoms with Crippen molar-refractivity contribution in [2.24, 2.45) is 0 Å². The van der Waals surface area contributed by atoms with Gasteiger partial charge in [0.05, 0.1) is 0 Å². The standard InChI is InChI=1S/C10H14ClN3/c1-2-9-12-8(11)7-10(13-9)14-5-3-4-6-14/h7H,2-6H2,1H3. The summed E-state index contributed by atoms with van der Waals surface area (Å²) in [5, 5.41) is 0.554. The first-order valence-corrected chi connectivity index (χ1v) is 5.46. The van der Waals surface area contributed by atoms with Crippen LogP contribution in [0.2, 0.25) is 5.15 Å². The second-order valence-electron chi connectivity index (χ2n) is 3.51. The molecule has 14 heavy (non-hydrogen) atoms. The number of hydrogen-bond donors (Lipinski definition) is 0. The quantitative estimate of drug-likeness (QED) is 0.703. The van der Waals surface area contributed by atoms with E-state index in [1.807, 2.05) is 13.0 Å². The molecule has 76 valence electrons. The molecule has 0 amide bonds. The van der Waals surface area contributed by atoms with Crippen LogP contribution >= 0.6 is 11.6 Å². The van der Waals surface area contributed by atoms with Gasteiger partial charge in [-0.05, 0) is 12.8 Å². The van der Waals surface area contributed by atoms with Gasteiger partial charge in [-0.3, -0.25) is 0 Å². The van der Waals surface area contributed by atoms with Crippen molar-refractivity contribution < 1.29 is 0 Å². The Hall–Kier alpha value is -0.830. The van der Waals surface area contributed by atoms with Crippen LogP contribution in [0.15, 0.2) is 6.07 Å². The lowest BCUT2D eigenvalue weighted by Crippen LogP contribution is -2.19. The summed E-state index contributed by atoms with van der Waals surface area (Å²) in [7, 11) is 0. The van der Waals surface area contributed by atoms with E-state index in [-0.39, 0.29) is 0 Å². The molecule has 1 fully saturated rings. The first-order valence-electron chi connectivity index (χ1n) is 5.08. The van der Waals surface area contributed by atoms with Gasteiger partial charge < -0.3 is 4.90 Å². The Bertz CT molecular complexity index is 321. The minimum atomic E-state index is 0.554. The van der Waals surface area contributed by atoms with Crippen LogP contribution in [-0.2, 0) is 6.42 Å². The zero-order valence-electron chi connectivity index (χ0n) is 8.33. The molecule has 0 unspecified atom stereocenters. The average Bonchev–Trinajstić information content (AvgIpc) is 2.69. The molecular weight excluding hydrogens is 198 g/mol. The summed E-state index contributed by atoms with van der Waals surface area (Å²) in [4.78, 5) is 10.9. The van der Waals surface area contributed by atoms with Crippen LogP contribution in [0, 0.1) is 0 Å². The predicted octanol–water partition coefficient (Wildman–Crippen LogP) is 2.29. The van der Waals surface area contributed by atoms with E-state index in [1.165, 1.54) is 12.8 Å². The van der Waals surface area contributed by atoms with Crippen molar-refractivity contribution in [2.45, 2.75) is 26.2 Å². The van der Waals surface area contributed by atoms with E-state index in [4.69, 9.17) is 11.6 Å². The smallest absolute Gasteiger partial charge is 0.134 e. The molecule has 1 aromatic rings. The van der Waals surface area contributed by atoms with Crippen molar-refractivity contribution in [3.63, 3.8) is 0 Å². The molecule has 3 nitrogen and oxygen atoms in total. The van der Waals surface area contributed by atoms with Crippen LogP contribution < -0.4 is 4.90 Å². The SMILES string of the molecule is CCc1nc(Cl)cc(N2CCCC2)n1. The maximum Gasteiger partial charge on any atom is 0.134 e. The Kier molecular flexibility index (Phi) is 2.87. The summed E-state index contributed by atoms with van der Waals surface area (Å²) in [5.74, 6) is 1.82. The van der Waals surface area contributed by atoms with E-state index in [1.54, 1.807) is 0 Å². The summed E-state index contributed by atoms with van der Waals surface area (Å²) in [6.07, 6.45) is 3.34. The molecule has 1 aromatic heterocycles. The van der Waals surface area contributed by atoms with Gasteiger partial charge in [-0.1, -0.05) is 18.5 Å². The third-order valence-electron chi connectivity index (χ3n) is 2.47. The molecule has 0 atom stereocenters. The van der Waals surface area contributed by atoms with Crippen LogP contribution in [0.1, 0.15) is 25.6 Å². The summed E-state index contributed by atoms with van der Waals surface area (Å²) in [6, 6.07) is 1.85. The Labute approximate surface area is 89.1 Å². The lowest BCUT2D eigenvalue weighted by Gasteiger charge is -2.16. The van der Waals surface area contributed by atoms with Gasteiger partial charge >= 0.3 is 0 Å². The molecule has 0 aliphatic carbocycles. The Morgan fingerprint density at radius 1 is 1.36 bits per heavy atom. The maximum absolute atomic E-state index is 5.93. The molecule has 0 radical (unpaired) electrons. The molecule has 0 aromatic carbocycles. The largest absolute Gasteiger partial charge is 0.356 e. The van der Waals surface area contributed by atoms with Crippen LogP contribution in [0.4, 0.5) is 5.82 Å². The van der Waals surface area contributed by atoms with Crippen molar-refractivity contribution >= 4 is 17.4 Å². The van der Waals surface area contributed by atoms with E-state index in [0.29, 0.717) is 5.15 Å². The topological polar surface area (TPSA) is 29.0 Å². The van der Waals surface area contributed by atoms with E-state index in [2.05, 4.69) is 14.9 Å². The fourth-order valence-electron chi connectivity index (χ4n) is 1.72. The summed E-state index contributed by atoms with van der Waals surface area (Å²) in [6.45, 7) is 4.23. The summed E-state index contributed by atoms with van der Waals surface area (Å²) in [5.41, 5.74) is 0. The molecule has 0 spiro atoms. The van der Waals surface area contributed by atoms with Crippen LogP contribution in [0.5, 0.6) is 0 Å². The van der Waals surface area contributed by atoms with Crippen LogP contribution in [-0.4, -0.2) is 23.1 Å². The van der Waals surface area contributed by atoms with E-state index in [9.17, 15) is 0 Å². The van der Waals surface area contributed by atoms with Gasteiger partial charge in [0.25, 0.3) is 0 Å². The van der Waals surface area contributed by atoms with Gasteiger partial charge in [0, 0.05) is 25.6 Å². The first-order chi connectivity index (χ1) is 6.79. The van der Waals surface area contributed by atoms with Gasteiger partial charge in [0.2, 0.25) is 0 Å². The predicted molar refractivity (Wildman–Crippen MR) is 57.9 cm³/mol. The number of aromatic nitrogens is 2. The molecule has 0 N–H and O–H groups in total. The summed E-state index contributed by atoms with van der Waals surface area (Å²) < 4.78 is 0. The molecule has 1 aliphatic heterocycles. The van der Waals surface area contributed by atoms with Crippen LogP contribution in [0.25, 0.3) is 0 Å². The Morgan fingerprint density at radius 3 is 2.71 bits per heavy atom. The second-order valence-corrected chi connectivity index (χ2v) is 3.90. The minimum absolute atomic E-state index is 0.554. The molecule has 2 heterocycles. The first kappa shape index (κ1) is 9.71. The molecule has 1 saturated heterocycles. The minimum Gasteiger partial charge on any atom is -0.356 e. The highest BCUT2D eigenvalue weighted by molar-refractivity contribution is 6.29. The summed E-state index contributed by atoms with van der Waals surface area (Å²) >= 11 is 5.93. The lowest BCUT2D eigenvalue weighted by atomic mass is 10.4. The molecule has 1 aliphatic rings. The highest BCUT2D eigenvalue weighted by Crippen LogP contribution is 2.20. The van der Waals surface area contributed by atoms with Crippen molar-refractivity contribution in [3.8, 4) is 0 Å². The number of anilines is 1. The zero-order valence-corrected chi connectivity index (χ0v) is 9.09. The van der Waals surface area contributed by atoms with Gasteiger partial charge in [0.1, 0.15) is 16.8 Å². The Morgan fingerprint density at radius 2 is 2.07 bits per heavy atom. The third kappa shape index (κ3) is 1.98. The van der Waals surface area contributed by atoms with Crippen molar-refractivity contribution in [1.29, 1.82) is 0 Å². The fraction of sp³-hybridized carbons (Fsp3) is 0.600. The highest BCUT2D eigenvalue weighted by atomic mass is 35.5. The zero-order chi connectivity index (χ0) is 9.97. The molecular formula is C10H14ClN3. The maximum atomic E-state index is 5.93. The van der Waals surface area contributed by atoms with Gasteiger partial charge in [-0.15, -0.1) is 0 Å². The van der Waals surface area contributed by atoms with Crippen molar-refractivity contribution in [2.75, 3.05) is 18.0 Å². The second kappa shape index (κ2) is 4.13. The van der Waals surface area contributed by atoms with Gasteiger partial charge in [-0.25, -0.2) is 9.97 Å². The normalized spacial score (nSPS) is 16.3. The van der Waals surface area contributed by atoms with E-state index >= 15 is 0 Å². The number of aryl methyl sites for hydroxylation is 1. The van der Waals surface area contributed by atoms with E-state index < -0.39 is 0 Å². The molecule has 0 bridgehead atoms. The number of hydrogen-bond acceptors (Lipinski definition) is 3.